The molecule has 0 aromatic heterocycles. The van der Waals surface area contributed by atoms with Crippen molar-refractivity contribution in [1.29, 1.82) is 0 Å². The Hall–Kier alpha value is -0.0400. The first kappa shape index (κ1) is 2.21. The number of rotatable bonds is 1. The van der Waals surface area contributed by atoms with Gasteiger partial charge in [0.2, 0.25) is 0 Å². The molecule has 1 nitrogen and oxygen atoms in total. The fraction of sp³-hybridized carbons (Fsp3) is 1.00. The summed E-state index contributed by atoms with van der Waals surface area (Å²) in [6, 6.07) is 0. The maximum atomic E-state index is 8.03. The van der Waals surface area contributed by atoms with Crippen LogP contribution in [-0.4, -0.2) is 11.7 Å². The maximum Gasteiger partial charge on any atom is 0.0564 e. The normalized spacial score (nSPS) is 19.0. The molecule has 4 heavy (non-hydrogen) atoms. The Bertz CT molecular complexity index is 20.9. The lowest BCUT2D eigenvalue weighted by Gasteiger charge is -1.69. The molecule has 0 aliphatic heterocycles. The monoisotopic (exact) mass is 61.1 g/mol. The zero-order chi connectivity index (χ0) is 4.28. The number of aliphatic hydroxyl groups excluding tert-OH is 1. The highest BCUT2D eigenvalue weighted by Gasteiger charge is 1.57. The molecule has 1 heteroatoms. The molecule has 0 amide bonds. The van der Waals surface area contributed by atoms with E-state index in [-0.39, 0.29) is 0 Å². The van der Waals surface area contributed by atoms with Crippen molar-refractivity contribution < 1.29 is 6.48 Å². The first-order valence-electron chi connectivity index (χ1n) is 1.95. The van der Waals surface area contributed by atoms with Gasteiger partial charge < -0.3 is 5.11 Å². The molecule has 26 valence electrons. The Balaban J connectivity index is 2.54. The zero-order valence-corrected chi connectivity index (χ0v) is 2.73. The van der Waals surface area contributed by atoms with Crippen molar-refractivity contribution in [3.05, 3.63) is 0 Å². The van der Waals surface area contributed by atoms with Gasteiger partial charge in [-0.3, -0.25) is 0 Å². The maximum absolute atomic E-state index is 8.03. The minimum Gasteiger partial charge on any atom is -0.396 e. The third kappa shape index (κ3) is 1.96. The summed E-state index contributed by atoms with van der Waals surface area (Å²) in [4.78, 5) is 0. The van der Waals surface area contributed by atoms with Crippen LogP contribution in [0.5, 0.6) is 0 Å². The van der Waals surface area contributed by atoms with Gasteiger partial charge in [0.15, 0.2) is 0 Å². The lowest BCUT2D eigenvalue weighted by molar-refractivity contribution is 0.295. The second-order valence-corrected chi connectivity index (χ2v) is 0.591. The fourth-order valence-electron chi connectivity index (χ4n) is 0. The highest BCUT2D eigenvalue weighted by molar-refractivity contribution is 4.10. The standard InChI is InChI=1S/C3H8O/c1-2-3-4/h4H,2-3H2,1H3/i3D/t3-/m0/s1. The molecule has 0 bridgehead atoms. The fourth-order valence-corrected chi connectivity index (χ4v) is 0. The van der Waals surface area contributed by atoms with E-state index in [4.69, 9.17) is 6.48 Å². The van der Waals surface area contributed by atoms with Gasteiger partial charge in [-0.1, -0.05) is 6.92 Å². The van der Waals surface area contributed by atoms with Crippen LogP contribution in [0.15, 0.2) is 0 Å². The average molecular weight is 61.1 g/mol. The van der Waals surface area contributed by atoms with E-state index in [0.717, 1.165) is 0 Å². The lowest BCUT2D eigenvalue weighted by Crippen LogP contribution is -1.69. The molecule has 0 aliphatic carbocycles. The summed E-state index contributed by atoms with van der Waals surface area (Å²) in [5.41, 5.74) is 0. The number of hydrogen-bond acceptors (Lipinski definition) is 1. The van der Waals surface area contributed by atoms with Crippen LogP contribution < -0.4 is 0 Å². The van der Waals surface area contributed by atoms with E-state index in [0.29, 0.717) is 6.42 Å². The largest absolute Gasteiger partial charge is 0.396 e. The van der Waals surface area contributed by atoms with Gasteiger partial charge in [-0.25, -0.2) is 0 Å². The van der Waals surface area contributed by atoms with Crippen molar-refractivity contribution in [3.8, 4) is 0 Å². The molecule has 1 N–H and O–H groups in total. The summed E-state index contributed by atoms with van der Waals surface area (Å²) in [5, 5.41) is 8.03. The van der Waals surface area contributed by atoms with Crippen molar-refractivity contribution in [2.24, 2.45) is 0 Å². The summed E-state index contributed by atoms with van der Waals surface area (Å²) in [5.74, 6) is 0. The highest BCUT2D eigenvalue weighted by Crippen LogP contribution is 1.61. The molecule has 0 spiro atoms. The summed E-state index contributed by atoms with van der Waals surface area (Å²) < 4.78 is 6.38. The topological polar surface area (TPSA) is 20.2 Å². The molecule has 0 unspecified atom stereocenters. The van der Waals surface area contributed by atoms with E-state index in [1.807, 2.05) is 0 Å². The van der Waals surface area contributed by atoms with E-state index >= 15 is 0 Å². The predicted octanol–water partition coefficient (Wildman–Crippen LogP) is 0.389. The van der Waals surface area contributed by atoms with Gasteiger partial charge in [-0.15, -0.1) is 0 Å². The molecule has 1 atom stereocenters. The van der Waals surface area contributed by atoms with Gasteiger partial charge in [0, 0.05) is 6.58 Å². The van der Waals surface area contributed by atoms with Crippen LogP contribution in [0.1, 0.15) is 14.7 Å². The Morgan fingerprint density at radius 1 is 2.25 bits per heavy atom. The molecule has 0 aromatic rings. The molecular weight excluding hydrogens is 52.0 g/mol. The van der Waals surface area contributed by atoms with E-state index < -0.39 is 6.58 Å². The SMILES string of the molecule is [2H][C@H](O)CC. The van der Waals surface area contributed by atoms with Crippen LogP contribution >= 0.6 is 0 Å². The van der Waals surface area contributed by atoms with Crippen molar-refractivity contribution in [2.45, 2.75) is 13.3 Å². The van der Waals surface area contributed by atoms with Crippen LogP contribution in [0.25, 0.3) is 0 Å². The Morgan fingerprint density at radius 3 is 2.50 bits per heavy atom. The van der Waals surface area contributed by atoms with Crippen LogP contribution in [0.2, 0.25) is 0 Å². The second-order valence-electron chi connectivity index (χ2n) is 0.591. The van der Waals surface area contributed by atoms with Crippen molar-refractivity contribution in [3.63, 3.8) is 0 Å². The summed E-state index contributed by atoms with van der Waals surface area (Å²) >= 11 is 0. The minimum absolute atomic E-state index is 0.528. The third-order valence-corrected chi connectivity index (χ3v) is 0.183. The molecule has 0 fully saturated rings. The average Bonchev–Trinajstić information content (AvgIpc) is 1.38. The van der Waals surface area contributed by atoms with Crippen LogP contribution in [-0.2, 0) is 0 Å². The first-order valence-corrected chi connectivity index (χ1v) is 1.37. The Kier molecular flexibility index (Phi) is 1.64. The second kappa shape index (κ2) is 2.96. The molecule has 0 heterocycles. The summed E-state index contributed by atoms with van der Waals surface area (Å²) in [7, 11) is 0. The quantitative estimate of drug-likeness (QED) is 0.465. The van der Waals surface area contributed by atoms with Crippen molar-refractivity contribution in [2.75, 3.05) is 6.58 Å². The molecular formula is C3H8O. The van der Waals surface area contributed by atoms with Gasteiger partial charge in [0.25, 0.3) is 0 Å². The number of hydrogen-bond donors (Lipinski definition) is 1. The molecule has 0 saturated carbocycles. The summed E-state index contributed by atoms with van der Waals surface area (Å²) in [6.45, 7) is 0.896. The molecule has 0 radical (unpaired) electrons. The Morgan fingerprint density at radius 2 is 2.50 bits per heavy atom. The van der Waals surface area contributed by atoms with Gasteiger partial charge in [-0.2, -0.15) is 0 Å². The van der Waals surface area contributed by atoms with Crippen LogP contribution in [0, 0.1) is 0 Å². The van der Waals surface area contributed by atoms with E-state index in [1.165, 1.54) is 0 Å². The number of aliphatic hydroxyl groups is 1. The van der Waals surface area contributed by atoms with Crippen molar-refractivity contribution >= 4 is 0 Å². The lowest BCUT2D eigenvalue weighted by atomic mass is 10.5. The van der Waals surface area contributed by atoms with Gasteiger partial charge in [0.1, 0.15) is 0 Å². The van der Waals surface area contributed by atoms with E-state index in [9.17, 15) is 0 Å². The van der Waals surface area contributed by atoms with E-state index in [1.54, 1.807) is 6.92 Å². The van der Waals surface area contributed by atoms with Crippen LogP contribution in [0.4, 0.5) is 0 Å². The highest BCUT2D eigenvalue weighted by atomic mass is 16.2. The van der Waals surface area contributed by atoms with E-state index in [2.05, 4.69) is 0 Å². The Labute approximate surface area is 27.7 Å². The van der Waals surface area contributed by atoms with Gasteiger partial charge in [0.05, 0.1) is 1.37 Å². The van der Waals surface area contributed by atoms with Crippen molar-refractivity contribution in [1.82, 2.24) is 0 Å². The van der Waals surface area contributed by atoms with Crippen LogP contribution in [0.3, 0.4) is 0 Å². The predicted molar refractivity (Wildman–Crippen MR) is 17.4 cm³/mol. The summed E-state index contributed by atoms with van der Waals surface area (Å²) in [6.07, 6.45) is 0.528. The van der Waals surface area contributed by atoms with Gasteiger partial charge >= 0.3 is 0 Å². The molecule has 0 saturated heterocycles. The smallest absolute Gasteiger partial charge is 0.0564 e. The zero-order valence-electron chi connectivity index (χ0n) is 3.73. The molecule has 0 aromatic carbocycles. The third-order valence-electron chi connectivity index (χ3n) is 0.183. The molecule has 0 aliphatic rings. The minimum atomic E-state index is -0.866. The molecule has 0 rings (SSSR count). The van der Waals surface area contributed by atoms with Gasteiger partial charge in [-0.05, 0) is 6.42 Å². The first-order chi connectivity index (χ1) is 2.27.